The molecule has 2 aromatic rings. The second kappa shape index (κ2) is 7.74. The van der Waals surface area contributed by atoms with Gasteiger partial charge in [0.1, 0.15) is 11.6 Å². The number of hydrogen-bond donors (Lipinski definition) is 2. The highest BCUT2D eigenvalue weighted by Gasteiger charge is 2.32. The van der Waals surface area contributed by atoms with E-state index in [0.29, 0.717) is 34.1 Å². The summed E-state index contributed by atoms with van der Waals surface area (Å²) in [5.74, 6) is 0.513. The third-order valence-corrected chi connectivity index (χ3v) is 6.73. The van der Waals surface area contributed by atoms with Crippen LogP contribution in [0.2, 0.25) is 0 Å². The SMILES string of the molecule is O=C1Nc2cc(F)ccc2C1=CNc1ccc(N2CCC3CCCCC3C2)c(F)c1. The van der Waals surface area contributed by atoms with Crippen LogP contribution in [-0.2, 0) is 4.79 Å². The standard InChI is InChI=1S/C24H25F2N3O/c25-17-5-7-19-20(24(30)28-22(19)11-17)13-27-18-6-8-23(21(26)12-18)29-10-9-15-3-1-2-4-16(15)14-29/h5-8,11-13,15-16,27H,1-4,9-10,14H2,(H,28,30). The van der Waals surface area contributed by atoms with Gasteiger partial charge in [-0.2, -0.15) is 0 Å². The number of rotatable bonds is 3. The zero-order valence-corrected chi connectivity index (χ0v) is 16.8. The normalized spacial score (nSPS) is 24.4. The van der Waals surface area contributed by atoms with E-state index < -0.39 is 5.82 Å². The van der Waals surface area contributed by atoms with Gasteiger partial charge in [-0.3, -0.25) is 4.79 Å². The minimum Gasteiger partial charge on any atom is -0.369 e. The lowest BCUT2D eigenvalue weighted by Crippen LogP contribution is -2.42. The van der Waals surface area contributed by atoms with E-state index in [1.165, 1.54) is 43.9 Å². The summed E-state index contributed by atoms with van der Waals surface area (Å²) in [6.07, 6.45) is 7.89. The van der Waals surface area contributed by atoms with Crippen molar-refractivity contribution in [3.8, 4) is 0 Å². The van der Waals surface area contributed by atoms with Gasteiger partial charge >= 0.3 is 0 Å². The molecule has 30 heavy (non-hydrogen) atoms. The highest BCUT2D eigenvalue weighted by atomic mass is 19.1. The first-order valence-corrected chi connectivity index (χ1v) is 10.7. The minimum absolute atomic E-state index is 0.258. The highest BCUT2D eigenvalue weighted by molar-refractivity contribution is 6.31. The van der Waals surface area contributed by atoms with Crippen molar-refractivity contribution in [2.24, 2.45) is 11.8 Å². The fraction of sp³-hybridized carbons (Fsp3) is 0.375. The van der Waals surface area contributed by atoms with Crippen molar-refractivity contribution >= 4 is 28.5 Å². The molecule has 5 rings (SSSR count). The van der Waals surface area contributed by atoms with Gasteiger partial charge in [-0.1, -0.05) is 19.3 Å². The van der Waals surface area contributed by atoms with Crippen molar-refractivity contribution in [1.29, 1.82) is 0 Å². The Balaban J connectivity index is 1.31. The molecule has 2 unspecified atom stereocenters. The third-order valence-electron chi connectivity index (χ3n) is 6.73. The Morgan fingerprint density at radius 1 is 1.03 bits per heavy atom. The van der Waals surface area contributed by atoms with E-state index in [1.807, 2.05) is 12.1 Å². The quantitative estimate of drug-likeness (QED) is 0.669. The summed E-state index contributed by atoms with van der Waals surface area (Å²) >= 11 is 0. The maximum absolute atomic E-state index is 14.9. The molecule has 6 heteroatoms. The van der Waals surface area contributed by atoms with Crippen molar-refractivity contribution in [3.05, 3.63) is 59.8 Å². The van der Waals surface area contributed by atoms with Crippen LogP contribution >= 0.6 is 0 Å². The number of nitrogens with one attached hydrogen (secondary N) is 2. The van der Waals surface area contributed by atoms with Gasteiger partial charge in [0, 0.05) is 30.5 Å². The molecule has 1 aliphatic carbocycles. The maximum Gasteiger partial charge on any atom is 0.257 e. The molecule has 2 fully saturated rings. The number of nitrogens with zero attached hydrogens (tertiary/aromatic N) is 1. The predicted octanol–water partition coefficient (Wildman–Crippen LogP) is 5.39. The Hall–Kier alpha value is -2.89. The van der Waals surface area contributed by atoms with Crippen LogP contribution in [0.4, 0.5) is 25.8 Å². The lowest BCUT2D eigenvalue weighted by molar-refractivity contribution is -0.110. The van der Waals surface area contributed by atoms with Crippen LogP contribution in [0.25, 0.3) is 5.57 Å². The Morgan fingerprint density at radius 3 is 2.70 bits per heavy atom. The summed E-state index contributed by atoms with van der Waals surface area (Å²) in [5.41, 5.74) is 2.69. The number of halogens is 2. The molecule has 1 saturated carbocycles. The molecule has 2 aliphatic heterocycles. The van der Waals surface area contributed by atoms with Gasteiger partial charge < -0.3 is 15.5 Å². The van der Waals surface area contributed by atoms with Crippen molar-refractivity contribution in [2.45, 2.75) is 32.1 Å². The molecule has 4 nitrogen and oxygen atoms in total. The molecular weight excluding hydrogens is 384 g/mol. The van der Waals surface area contributed by atoms with Gasteiger partial charge in [-0.15, -0.1) is 0 Å². The van der Waals surface area contributed by atoms with Crippen LogP contribution in [0.3, 0.4) is 0 Å². The number of benzene rings is 2. The van der Waals surface area contributed by atoms with Crippen molar-refractivity contribution in [2.75, 3.05) is 28.6 Å². The molecule has 0 spiro atoms. The molecule has 1 amide bonds. The molecular formula is C24H25F2N3O. The second-order valence-electron chi connectivity index (χ2n) is 8.55. The van der Waals surface area contributed by atoms with Crippen molar-refractivity contribution in [3.63, 3.8) is 0 Å². The Labute approximate surface area is 175 Å². The molecule has 0 aromatic heterocycles. The second-order valence-corrected chi connectivity index (χ2v) is 8.55. The summed E-state index contributed by atoms with van der Waals surface area (Å²) in [6, 6.07) is 9.29. The molecule has 3 aliphatic rings. The van der Waals surface area contributed by atoms with Crippen molar-refractivity contribution in [1.82, 2.24) is 0 Å². The van der Waals surface area contributed by atoms with Crippen LogP contribution in [0, 0.1) is 23.5 Å². The summed E-state index contributed by atoms with van der Waals surface area (Å²) in [6.45, 7) is 1.84. The molecule has 156 valence electrons. The average molecular weight is 409 g/mol. The smallest absolute Gasteiger partial charge is 0.257 e. The van der Waals surface area contributed by atoms with Crippen LogP contribution in [0.15, 0.2) is 42.6 Å². The van der Waals surface area contributed by atoms with E-state index in [-0.39, 0.29) is 11.7 Å². The molecule has 0 radical (unpaired) electrons. The van der Waals surface area contributed by atoms with Crippen LogP contribution in [0.5, 0.6) is 0 Å². The van der Waals surface area contributed by atoms with Gasteiger partial charge in [0.15, 0.2) is 0 Å². The lowest BCUT2D eigenvalue weighted by Gasteiger charge is -2.42. The fourth-order valence-corrected chi connectivity index (χ4v) is 5.14. The van der Waals surface area contributed by atoms with Gasteiger partial charge in [0.2, 0.25) is 0 Å². The van der Waals surface area contributed by atoms with E-state index in [4.69, 9.17) is 0 Å². The largest absolute Gasteiger partial charge is 0.369 e. The van der Waals surface area contributed by atoms with Gasteiger partial charge in [-0.25, -0.2) is 8.78 Å². The van der Waals surface area contributed by atoms with Crippen molar-refractivity contribution < 1.29 is 13.6 Å². The molecule has 2 aromatic carbocycles. The lowest BCUT2D eigenvalue weighted by atomic mass is 9.75. The van der Waals surface area contributed by atoms with E-state index in [1.54, 1.807) is 12.3 Å². The molecule has 0 bridgehead atoms. The number of fused-ring (bicyclic) bond motifs is 2. The first-order valence-electron chi connectivity index (χ1n) is 10.7. The number of carbonyl (C=O) groups is 1. The van der Waals surface area contributed by atoms with Gasteiger partial charge in [0.25, 0.3) is 5.91 Å². The van der Waals surface area contributed by atoms with E-state index in [2.05, 4.69) is 15.5 Å². The Morgan fingerprint density at radius 2 is 1.87 bits per heavy atom. The number of anilines is 3. The van der Waals surface area contributed by atoms with Crippen LogP contribution in [-0.4, -0.2) is 19.0 Å². The summed E-state index contributed by atoms with van der Waals surface area (Å²) in [4.78, 5) is 14.4. The van der Waals surface area contributed by atoms with Gasteiger partial charge in [-0.05, 0) is 61.1 Å². The van der Waals surface area contributed by atoms with E-state index in [9.17, 15) is 13.6 Å². The van der Waals surface area contributed by atoms with E-state index in [0.717, 1.165) is 25.4 Å². The summed E-state index contributed by atoms with van der Waals surface area (Å²) in [7, 11) is 0. The Bertz CT molecular complexity index is 1020. The van der Waals surface area contributed by atoms with Crippen LogP contribution < -0.4 is 15.5 Å². The fourth-order valence-electron chi connectivity index (χ4n) is 5.14. The number of hydrogen-bond acceptors (Lipinski definition) is 3. The minimum atomic E-state index is -0.404. The third kappa shape index (κ3) is 3.55. The first-order chi connectivity index (χ1) is 14.6. The first kappa shape index (κ1) is 19.1. The topological polar surface area (TPSA) is 44.4 Å². The molecule has 2 N–H and O–H groups in total. The Kier molecular flexibility index (Phi) is 4.93. The average Bonchev–Trinajstić information content (AvgIpc) is 3.06. The molecule has 1 saturated heterocycles. The zero-order chi connectivity index (χ0) is 20.7. The van der Waals surface area contributed by atoms with E-state index >= 15 is 0 Å². The van der Waals surface area contributed by atoms with Gasteiger partial charge in [0.05, 0.1) is 16.9 Å². The number of carbonyl (C=O) groups excluding carboxylic acids is 1. The molecule has 2 heterocycles. The predicted molar refractivity (Wildman–Crippen MR) is 115 cm³/mol. The van der Waals surface area contributed by atoms with Crippen LogP contribution in [0.1, 0.15) is 37.7 Å². The zero-order valence-electron chi connectivity index (χ0n) is 16.8. The number of amides is 1. The maximum atomic E-state index is 14.9. The summed E-state index contributed by atoms with van der Waals surface area (Å²) < 4.78 is 28.3. The number of piperidine rings is 1. The monoisotopic (exact) mass is 409 g/mol. The highest BCUT2D eigenvalue weighted by Crippen LogP contribution is 2.38. The molecule has 2 atom stereocenters. The summed E-state index contributed by atoms with van der Waals surface area (Å²) in [5, 5.41) is 5.66.